The standard InChI is InChI=1S/C23H21ClN2O3S/c1-16-8-10-18(11-9-16)25-23(27)20-15-19(12-13-21(20)24)30(28,29)26-14-4-6-17-5-2-3-7-22(17)26/h2-3,5,7-13,15H,4,6,14H2,1H3,(H,25,27). The first-order valence-electron chi connectivity index (χ1n) is 9.64. The SMILES string of the molecule is Cc1ccc(NC(=O)c2cc(S(=O)(=O)N3CCCc4ccccc43)ccc2Cl)cc1. The van der Waals surface area contributed by atoms with Gasteiger partial charge in [0.25, 0.3) is 15.9 Å². The lowest BCUT2D eigenvalue weighted by molar-refractivity contribution is 0.102. The van der Waals surface area contributed by atoms with E-state index >= 15 is 0 Å². The minimum absolute atomic E-state index is 0.0395. The Morgan fingerprint density at radius 3 is 2.53 bits per heavy atom. The van der Waals surface area contributed by atoms with E-state index < -0.39 is 15.9 Å². The summed E-state index contributed by atoms with van der Waals surface area (Å²) in [5.74, 6) is -0.458. The van der Waals surface area contributed by atoms with Crippen molar-refractivity contribution < 1.29 is 13.2 Å². The minimum Gasteiger partial charge on any atom is -0.322 e. The number of sulfonamides is 1. The first-order chi connectivity index (χ1) is 14.4. The van der Waals surface area contributed by atoms with Crippen molar-refractivity contribution >= 4 is 38.9 Å². The molecular formula is C23H21ClN2O3S. The second-order valence-corrected chi connectivity index (χ2v) is 9.54. The Morgan fingerprint density at radius 1 is 1.03 bits per heavy atom. The Bertz CT molecular complexity index is 1210. The molecule has 3 aromatic rings. The molecule has 1 heterocycles. The number of carbonyl (C=O) groups excluding carboxylic acids is 1. The van der Waals surface area contributed by atoms with Gasteiger partial charge in [-0.2, -0.15) is 0 Å². The average molecular weight is 441 g/mol. The Morgan fingerprint density at radius 2 is 1.77 bits per heavy atom. The fourth-order valence-electron chi connectivity index (χ4n) is 3.55. The number of anilines is 2. The van der Waals surface area contributed by atoms with Crippen molar-refractivity contribution in [2.45, 2.75) is 24.7 Å². The molecule has 30 heavy (non-hydrogen) atoms. The third-order valence-electron chi connectivity index (χ3n) is 5.15. The van der Waals surface area contributed by atoms with E-state index in [-0.39, 0.29) is 15.5 Å². The van der Waals surface area contributed by atoms with E-state index in [0.29, 0.717) is 17.9 Å². The molecule has 0 radical (unpaired) electrons. The number of hydrogen-bond donors (Lipinski definition) is 1. The maximum absolute atomic E-state index is 13.4. The lowest BCUT2D eigenvalue weighted by atomic mass is 10.0. The predicted octanol–water partition coefficient (Wildman–Crippen LogP) is 5.04. The second kappa shape index (κ2) is 8.13. The van der Waals surface area contributed by atoms with Crippen LogP contribution in [0.15, 0.2) is 71.6 Å². The fraction of sp³-hybridized carbons (Fsp3) is 0.174. The molecule has 1 amide bonds. The summed E-state index contributed by atoms with van der Waals surface area (Å²) in [6.45, 7) is 2.35. The molecular weight excluding hydrogens is 420 g/mol. The van der Waals surface area contributed by atoms with Crippen LogP contribution in [0.25, 0.3) is 0 Å². The Hall–Kier alpha value is -2.83. The molecule has 154 valence electrons. The van der Waals surface area contributed by atoms with Crippen molar-refractivity contribution in [1.82, 2.24) is 0 Å². The molecule has 5 nitrogen and oxygen atoms in total. The van der Waals surface area contributed by atoms with Gasteiger partial charge in [0.1, 0.15) is 0 Å². The first kappa shape index (κ1) is 20.4. The second-order valence-electron chi connectivity index (χ2n) is 7.27. The lowest BCUT2D eigenvalue weighted by Gasteiger charge is -2.30. The van der Waals surface area contributed by atoms with Gasteiger partial charge < -0.3 is 5.32 Å². The van der Waals surface area contributed by atoms with E-state index in [1.54, 1.807) is 12.1 Å². The van der Waals surface area contributed by atoms with E-state index in [1.807, 2.05) is 43.3 Å². The maximum Gasteiger partial charge on any atom is 0.264 e. The van der Waals surface area contributed by atoms with E-state index in [2.05, 4.69) is 5.32 Å². The Labute approximate surface area is 181 Å². The number of hydrogen-bond acceptors (Lipinski definition) is 3. The summed E-state index contributed by atoms with van der Waals surface area (Å²) in [4.78, 5) is 12.8. The zero-order valence-electron chi connectivity index (χ0n) is 16.4. The maximum atomic E-state index is 13.4. The van der Waals surface area contributed by atoms with Gasteiger partial charge in [-0.25, -0.2) is 8.42 Å². The molecule has 3 aromatic carbocycles. The van der Waals surface area contributed by atoms with Gasteiger partial charge in [0.2, 0.25) is 0 Å². The molecule has 7 heteroatoms. The van der Waals surface area contributed by atoms with Gasteiger partial charge in [-0.15, -0.1) is 0 Å². The zero-order valence-corrected chi connectivity index (χ0v) is 18.0. The van der Waals surface area contributed by atoms with Crippen LogP contribution in [-0.2, 0) is 16.4 Å². The largest absolute Gasteiger partial charge is 0.322 e. The zero-order chi connectivity index (χ0) is 21.3. The molecule has 0 unspecified atom stereocenters. The number of fused-ring (bicyclic) bond motifs is 1. The van der Waals surface area contributed by atoms with Gasteiger partial charge >= 0.3 is 0 Å². The van der Waals surface area contributed by atoms with Crippen molar-refractivity contribution in [2.75, 3.05) is 16.2 Å². The number of nitrogens with zero attached hydrogens (tertiary/aromatic N) is 1. The van der Waals surface area contributed by atoms with Gasteiger partial charge in [0, 0.05) is 12.2 Å². The van der Waals surface area contributed by atoms with Crippen LogP contribution < -0.4 is 9.62 Å². The third kappa shape index (κ3) is 3.93. The van der Waals surface area contributed by atoms with E-state index in [1.165, 1.54) is 22.5 Å². The van der Waals surface area contributed by atoms with Crippen molar-refractivity contribution in [2.24, 2.45) is 0 Å². The Balaban J connectivity index is 1.67. The summed E-state index contributed by atoms with van der Waals surface area (Å²) in [6.07, 6.45) is 1.58. The van der Waals surface area contributed by atoms with Crippen molar-refractivity contribution in [3.8, 4) is 0 Å². The molecule has 1 aliphatic heterocycles. The van der Waals surface area contributed by atoms with Crippen LogP contribution in [0.3, 0.4) is 0 Å². The van der Waals surface area contributed by atoms with Crippen LogP contribution in [0.1, 0.15) is 27.9 Å². The van der Waals surface area contributed by atoms with Gasteiger partial charge in [-0.3, -0.25) is 9.10 Å². The van der Waals surface area contributed by atoms with Gasteiger partial charge in [0.05, 0.1) is 21.2 Å². The molecule has 0 atom stereocenters. The number of carbonyl (C=O) groups is 1. The number of rotatable bonds is 4. The summed E-state index contributed by atoms with van der Waals surface area (Å²) in [7, 11) is -3.83. The number of nitrogens with one attached hydrogen (secondary N) is 1. The summed E-state index contributed by atoms with van der Waals surface area (Å²) < 4.78 is 28.2. The van der Waals surface area contributed by atoms with Crippen LogP contribution in [0, 0.1) is 6.92 Å². The molecule has 0 spiro atoms. The molecule has 4 rings (SSSR count). The third-order valence-corrected chi connectivity index (χ3v) is 7.29. The molecule has 1 aliphatic rings. The number of benzene rings is 3. The molecule has 0 bridgehead atoms. The number of amides is 1. The van der Waals surface area contributed by atoms with Crippen molar-refractivity contribution in [3.05, 3.63) is 88.4 Å². The highest BCUT2D eigenvalue weighted by Crippen LogP contribution is 2.33. The highest BCUT2D eigenvalue weighted by atomic mass is 35.5. The van der Waals surface area contributed by atoms with Crippen molar-refractivity contribution in [3.63, 3.8) is 0 Å². The van der Waals surface area contributed by atoms with Gasteiger partial charge in [-0.1, -0.05) is 47.5 Å². The number of para-hydroxylation sites is 1. The summed E-state index contributed by atoms with van der Waals surface area (Å²) in [5, 5.41) is 2.96. The van der Waals surface area contributed by atoms with Crippen LogP contribution in [0.5, 0.6) is 0 Å². The molecule has 0 saturated heterocycles. The van der Waals surface area contributed by atoms with Crippen LogP contribution in [-0.4, -0.2) is 20.9 Å². The minimum atomic E-state index is -3.83. The molecule has 0 fully saturated rings. The molecule has 0 aromatic heterocycles. The Kier molecular flexibility index (Phi) is 5.54. The summed E-state index contributed by atoms with van der Waals surface area (Å²) >= 11 is 6.23. The van der Waals surface area contributed by atoms with Crippen LogP contribution >= 0.6 is 11.6 Å². The number of aryl methyl sites for hydroxylation is 2. The highest BCUT2D eigenvalue weighted by molar-refractivity contribution is 7.92. The quantitative estimate of drug-likeness (QED) is 0.617. The molecule has 0 saturated carbocycles. The normalized spacial score (nSPS) is 13.6. The average Bonchev–Trinajstić information content (AvgIpc) is 2.75. The van der Waals surface area contributed by atoms with Crippen LogP contribution in [0.2, 0.25) is 5.02 Å². The topological polar surface area (TPSA) is 66.5 Å². The summed E-state index contributed by atoms with van der Waals surface area (Å²) in [5.41, 5.74) is 3.48. The monoisotopic (exact) mass is 440 g/mol. The highest BCUT2D eigenvalue weighted by Gasteiger charge is 2.30. The fourth-order valence-corrected chi connectivity index (χ4v) is 5.32. The van der Waals surface area contributed by atoms with Crippen molar-refractivity contribution in [1.29, 1.82) is 0 Å². The van der Waals surface area contributed by atoms with E-state index in [4.69, 9.17) is 11.6 Å². The van der Waals surface area contributed by atoms with E-state index in [9.17, 15) is 13.2 Å². The van der Waals surface area contributed by atoms with Crippen LogP contribution in [0.4, 0.5) is 11.4 Å². The van der Waals surface area contributed by atoms with Gasteiger partial charge in [0.15, 0.2) is 0 Å². The van der Waals surface area contributed by atoms with E-state index in [0.717, 1.165) is 24.0 Å². The first-order valence-corrected chi connectivity index (χ1v) is 11.5. The summed E-state index contributed by atoms with van der Waals surface area (Å²) in [6, 6.07) is 19.1. The lowest BCUT2D eigenvalue weighted by Crippen LogP contribution is -2.35. The smallest absolute Gasteiger partial charge is 0.264 e. The predicted molar refractivity (Wildman–Crippen MR) is 120 cm³/mol. The molecule has 0 aliphatic carbocycles. The number of halogens is 1. The van der Waals surface area contributed by atoms with Gasteiger partial charge in [-0.05, 0) is 61.7 Å². The molecule has 1 N–H and O–H groups in total.